The highest BCUT2D eigenvalue weighted by Crippen LogP contribution is 2.29. The van der Waals surface area contributed by atoms with Crippen LogP contribution in [-0.2, 0) is 11.3 Å². The van der Waals surface area contributed by atoms with Crippen molar-refractivity contribution in [3.63, 3.8) is 0 Å². The number of aryl methyl sites for hydroxylation is 1. The van der Waals surface area contributed by atoms with Crippen LogP contribution in [0, 0.1) is 5.92 Å². The van der Waals surface area contributed by atoms with Crippen molar-refractivity contribution in [3.05, 3.63) is 81.8 Å². The van der Waals surface area contributed by atoms with E-state index in [4.69, 9.17) is 23.2 Å². The Morgan fingerprint density at radius 3 is 2.46 bits per heavy atom. The van der Waals surface area contributed by atoms with Crippen LogP contribution in [0.25, 0.3) is 21.8 Å². The number of para-hydroxylation sites is 1. The number of hydrazone groups is 1. The lowest BCUT2D eigenvalue weighted by atomic mass is 10.0. The Kier molecular flexibility index (Phi) is 7.43. The molecule has 0 aliphatic heterocycles. The van der Waals surface area contributed by atoms with Crippen LogP contribution in [0.3, 0.4) is 0 Å². The van der Waals surface area contributed by atoms with Crippen molar-refractivity contribution in [2.45, 2.75) is 33.4 Å². The topological polar surface area (TPSA) is 75.5 Å². The van der Waals surface area contributed by atoms with Gasteiger partial charge in [-0.05, 0) is 54.8 Å². The summed E-state index contributed by atoms with van der Waals surface area (Å²) >= 11 is 12.0. The van der Waals surface area contributed by atoms with Crippen molar-refractivity contribution in [1.82, 2.24) is 15.3 Å². The third kappa shape index (κ3) is 5.19. The number of hydrogen-bond acceptors (Lipinski definition) is 3. The highest BCUT2D eigenvalue weighted by molar-refractivity contribution is 6.36. The van der Waals surface area contributed by atoms with Crippen molar-refractivity contribution in [2.24, 2.45) is 11.0 Å². The third-order valence-electron chi connectivity index (χ3n) is 5.91. The summed E-state index contributed by atoms with van der Waals surface area (Å²) in [5, 5.41) is 9.83. The zero-order valence-corrected chi connectivity index (χ0v) is 21.2. The smallest absolute Gasteiger partial charge is 0.262 e. The molecule has 3 aromatic carbocycles. The number of amides is 2. The molecule has 0 fully saturated rings. The Hall–Kier alpha value is -3.35. The van der Waals surface area contributed by atoms with Crippen LogP contribution in [0.15, 0.2) is 65.8 Å². The molecular weight excluding hydrogens is 483 g/mol. The lowest BCUT2D eigenvalue weighted by Gasteiger charge is -2.20. The van der Waals surface area contributed by atoms with Crippen molar-refractivity contribution in [3.8, 4) is 0 Å². The van der Waals surface area contributed by atoms with Gasteiger partial charge < -0.3 is 9.88 Å². The molecule has 4 rings (SSSR count). The first kappa shape index (κ1) is 24.8. The Morgan fingerprint density at radius 1 is 1.00 bits per heavy atom. The highest BCUT2D eigenvalue weighted by Gasteiger charge is 2.25. The van der Waals surface area contributed by atoms with Gasteiger partial charge >= 0.3 is 0 Å². The summed E-state index contributed by atoms with van der Waals surface area (Å²) in [6.07, 6.45) is 1.60. The van der Waals surface area contributed by atoms with Gasteiger partial charge in [0.2, 0.25) is 0 Å². The van der Waals surface area contributed by atoms with Crippen molar-refractivity contribution >= 4 is 63.0 Å². The fourth-order valence-electron chi connectivity index (χ4n) is 4.16. The molecule has 4 aromatic rings. The highest BCUT2D eigenvalue weighted by atomic mass is 35.5. The molecule has 0 spiro atoms. The number of aromatic nitrogens is 1. The average molecular weight is 509 g/mol. The number of benzene rings is 3. The Balaban J connectivity index is 1.50. The summed E-state index contributed by atoms with van der Waals surface area (Å²) in [5.41, 5.74) is 5.99. The second-order valence-electron chi connectivity index (χ2n) is 8.59. The molecule has 0 radical (unpaired) electrons. The zero-order valence-electron chi connectivity index (χ0n) is 19.7. The summed E-state index contributed by atoms with van der Waals surface area (Å²) in [4.78, 5) is 25.5. The number of rotatable bonds is 7. The summed E-state index contributed by atoms with van der Waals surface area (Å²) < 4.78 is 2.27. The zero-order chi connectivity index (χ0) is 25.1. The number of carbonyl (C=O) groups excluding carboxylic acids is 2. The molecule has 180 valence electrons. The van der Waals surface area contributed by atoms with Gasteiger partial charge in [0.15, 0.2) is 0 Å². The van der Waals surface area contributed by atoms with E-state index in [0.29, 0.717) is 5.02 Å². The molecule has 1 unspecified atom stereocenters. The van der Waals surface area contributed by atoms with Crippen LogP contribution < -0.4 is 10.7 Å². The van der Waals surface area contributed by atoms with E-state index in [1.807, 2.05) is 32.0 Å². The van der Waals surface area contributed by atoms with Gasteiger partial charge in [-0.2, -0.15) is 5.10 Å². The summed E-state index contributed by atoms with van der Waals surface area (Å²) in [7, 11) is 0. The van der Waals surface area contributed by atoms with Crippen LogP contribution in [0.4, 0.5) is 0 Å². The van der Waals surface area contributed by atoms with E-state index in [9.17, 15) is 9.59 Å². The van der Waals surface area contributed by atoms with Crippen molar-refractivity contribution in [1.29, 1.82) is 0 Å². The minimum atomic E-state index is -0.795. The predicted molar refractivity (Wildman–Crippen MR) is 143 cm³/mol. The molecule has 1 atom stereocenters. The fourth-order valence-corrected chi connectivity index (χ4v) is 4.65. The Morgan fingerprint density at radius 2 is 1.74 bits per heavy atom. The SMILES string of the molecule is CCn1c2ccccc2c2cc(/C=N\NC(=O)C(NC(=O)c3ccc(Cl)cc3Cl)C(C)C)ccc21. The molecule has 0 saturated carbocycles. The minimum absolute atomic E-state index is 0.170. The number of nitrogens with one attached hydrogen (secondary N) is 2. The van der Waals surface area contributed by atoms with Gasteiger partial charge in [-0.25, -0.2) is 5.43 Å². The normalized spacial score (nSPS) is 12.5. The molecule has 6 nitrogen and oxygen atoms in total. The van der Waals surface area contributed by atoms with Gasteiger partial charge in [0.05, 0.1) is 16.8 Å². The number of halogens is 2. The van der Waals surface area contributed by atoms with E-state index in [-0.39, 0.29) is 16.5 Å². The third-order valence-corrected chi connectivity index (χ3v) is 6.46. The maximum absolute atomic E-state index is 12.8. The van der Waals surface area contributed by atoms with Gasteiger partial charge in [-0.3, -0.25) is 9.59 Å². The van der Waals surface area contributed by atoms with Gasteiger partial charge in [-0.15, -0.1) is 0 Å². The molecule has 1 heterocycles. The Labute approximate surface area is 213 Å². The Bertz CT molecular complexity index is 1440. The molecular formula is C27H26Cl2N4O2. The van der Waals surface area contributed by atoms with E-state index in [2.05, 4.69) is 51.6 Å². The van der Waals surface area contributed by atoms with Crippen LogP contribution in [-0.4, -0.2) is 28.6 Å². The van der Waals surface area contributed by atoms with Crippen LogP contribution in [0.5, 0.6) is 0 Å². The summed E-state index contributed by atoms with van der Waals surface area (Å²) in [6, 6.07) is 18.2. The van der Waals surface area contributed by atoms with Crippen LogP contribution in [0.2, 0.25) is 10.0 Å². The van der Waals surface area contributed by atoms with E-state index in [1.165, 1.54) is 23.0 Å². The molecule has 2 N–H and O–H groups in total. The van der Waals surface area contributed by atoms with Crippen LogP contribution >= 0.6 is 23.2 Å². The molecule has 1 aromatic heterocycles. The second kappa shape index (κ2) is 10.5. The van der Waals surface area contributed by atoms with E-state index in [1.54, 1.807) is 12.3 Å². The molecule has 8 heteroatoms. The number of carbonyl (C=O) groups is 2. The van der Waals surface area contributed by atoms with Crippen molar-refractivity contribution in [2.75, 3.05) is 0 Å². The lowest BCUT2D eigenvalue weighted by Crippen LogP contribution is -2.48. The quantitative estimate of drug-likeness (QED) is 0.236. The van der Waals surface area contributed by atoms with E-state index < -0.39 is 17.9 Å². The minimum Gasteiger partial charge on any atom is -0.341 e. The van der Waals surface area contributed by atoms with E-state index in [0.717, 1.165) is 23.0 Å². The van der Waals surface area contributed by atoms with E-state index >= 15 is 0 Å². The number of fused-ring (bicyclic) bond motifs is 3. The molecule has 2 amide bonds. The molecule has 0 aliphatic carbocycles. The monoisotopic (exact) mass is 508 g/mol. The second-order valence-corrected chi connectivity index (χ2v) is 9.44. The van der Waals surface area contributed by atoms with Crippen molar-refractivity contribution < 1.29 is 9.59 Å². The standard InChI is InChI=1S/C27H26Cl2N4O2/c1-4-33-23-8-6-5-7-19(23)21-13-17(9-12-24(21)33)15-30-32-27(35)25(16(2)3)31-26(34)20-11-10-18(28)14-22(20)29/h5-16,25H,4H2,1-3H3,(H,31,34)(H,32,35)/b30-15-. The lowest BCUT2D eigenvalue weighted by molar-refractivity contribution is -0.123. The first-order valence-corrected chi connectivity index (χ1v) is 12.2. The van der Waals surface area contributed by atoms with Gasteiger partial charge in [0.25, 0.3) is 11.8 Å². The first-order chi connectivity index (χ1) is 16.8. The van der Waals surface area contributed by atoms with Gasteiger partial charge in [0, 0.05) is 33.4 Å². The summed E-state index contributed by atoms with van der Waals surface area (Å²) in [5.74, 6) is -1.04. The maximum atomic E-state index is 12.8. The number of nitrogens with zero attached hydrogens (tertiary/aromatic N) is 2. The average Bonchev–Trinajstić information content (AvgIpc) is 3.15. The fraction of sp³-hybridized carbons (Fsp3) is 0.222. The molecule has 35 heavy (non-hydrogen) atoms. The van der Waals surface area contributed by atoms with Gasteiger partial charge in [-0.1, -0.05) is 61.3 Å². The van der Waals surface area contributed by atoms with Gasteiger partial charge in [0.1, 0.15) is 6.04 Å². The molecule has 0 saturated heterocycles. The van der Waals surface area contributed by atoms with Crippen LogP contribution in [0.1, 0.15) is 36.7 Å². The summed E-state index contributed by atoms with van der Waals surface area (Å²) in [6.45, 7) is 6.68. The predicted octanol–water partition coefficient (Wildman–Crippen LogP) is 6.03. The first-order valence-electron chi connectivity index (χ1n) is 11.4. The largest absolute Gasteiger partial charge is 0.341 e. The molecule has 0 aliphatic rings. The maximum Gasteiger partial charge on any atom is 0.262 e. The number of hydrogen-bond donors (Lipinski definition) is 2. The molecule has 0 bridgehead atoms.